The third kappa shape index (κ3) is 3.45. The molecule has 0 radical (unpaired) electrons. The monoisotopic (exact) mass is 276 g/mol. The molecule has 1 fully saturated rings. The Bertz CT molecular complexity index is 482. The van der Waals surface area contributed by atoms with Crippen molar-refractivity contribution in [1.82, 2.24) is 0 Å². The van der Waals surface area contributed by atoms with Crippen LogP contribution in [0, 0.1) is 5.82 Å². The van der Waals surface area contributed by atoms with Crippen molar-refractivity contribution in [2.24, 2.45) is 0 Å². The Hall–Kier alpha value is -1.59. The largest absolute Gasteiger partial charge is 0.490 e. The zero-order chi connectivity index (χ0) is 14.0. The van der Waals surface area contributed by atoms with E-state index in [1.807, 2.05) is 0 Å². The van der Waals surface area contributed by atoms with E-state index in [0.29, 0.717) is 25.3 Å². The molecule has 0 bridgehead atoms. The normalized spacial score (nSPS) is 20.4. The van der Waals surface area contributed by atoms with Gasteiger partial charge in [-0.25, -0.2) is 4.39 Å². The number of rotatable bonds is 2. The van der Waals surface area contributed by atoms with E-state index in [0.717, 1.165) is 12.1 Å². The van der Waals surface area contributed by atoms with Crippen LogP contribution in [0.2, 0.25) is 0 Å². The molecular formula is C13H12F4O2. The molecule has 1 aromatic rings. The van der Waals surface area contributed by atoms with E-state index in [-0.39, 0.29) is 18.0 Å². The lowest BCUT2D eigenvalue weighted by Gasteiger charge is -2.22. The van der Waals surface area contributed by atoms with E-state index in [1.165, 1.54) is 0 Å². The second-order valence-electron chi connectivity index (χ2n) is 4.51. The maximum absolute atomic E-state index is 13.1. The standard InChI is InChI=1S/C13H12F4O2/c14-12-5-4-10(7-11(12)13(15,16)17)19-9-3-1-2-8(18)6-9/h4-5,7,9H,1-3,6H2. The van der Waals surface area contributed by atoms with Gasteiger partial charge in [-0.2, -0.15) is 13.2 Å². The summed E-state index contributed by atoms with van der Waals surface area (Å²) in [6.45, 7) is 0. The molecule has 2 nitrogen and oxygen atoms in total. The summed E-state index contributed by atoms with van der Waals surface area (Å²) in [4.78, 5) is 11.2. The number of hydrogen-bond donors (Lipinski definition) is 0. The van der Waals surface area contributed by atoms with Crippen molar-refractivity contribution in [2.75, 3.05) is 0 Å². The Kier molecular flexibility index (Phi) is 3.78. The van der Waals surface area contributed by atoms with Crippen molar-refractivity contribution in [3.05, 3.63) is 29.6 Å². The Labute approximate surface area is 107 Å². The second kappa shape index (κ2) is 5.19. The van der Waals surface area contributed by atoms with Gasteiger partial charge < -0.3 is 4.74 Å². The van der Waals surface area contributed by atoms with Crippen molar-refractivity contribution in [3.63, 3.8) is 0 Å². The van der Waals surface area contributed by atoms with E-state index >= 15 is 0 Å². The Balaban J connectivity index is 2.15. The number of benzene rings is 1. The molecule has 1 aliphatic rings. The summed E-state index contributed by atoms with van der Waals surface area (Å²) in [5, 5.41) is 0. The summed E-state index contributed by atoms with van der Waals surface area (Å²) in [6, 6.07) is 2.50. The van der Waals surface area contributed by atoms with Gasteiger partial charge in [-0.1, -0.05) is 0 Å². The number of carbonyl (C=O) groups excluding carboxylic acids is 1. The number of halogens is 4. The maximum Gasteiger partial charge on any atom is 0.419 e. The average molecular weight is 276 g/mol. The zero-order valence-corrected chi connectivity index (χ0v) is 9.97. The number of hydrogen-bond acceptors (Lipinski definition) is 2. The molecule has 0 saturated heterocycles. The van der Waals surface area contributed by atoms with Gasteiger partial charge in [0.15, 0.2) is 0 Å². The minimum atomic E-state index is -4.76. The molecule has 1 unspecified atom stereocenters. The van der Waals surface area contributed by atoms with E-state index in [9.17, 15) is 22.4 Å². The van der Waals surface area contributed by atoms with Gasteiger partial charge in [-0.15, -0.1) is 0 Å². The van der Waals surface area contributed by atoms with Crippen LogP contribution >= 0.6 is 0 Å². The second-order valence-corrected chi connectivity index (χ2v) is 4.51. The van der Waals surface area contributed by atoms with Crippen LogP contribution < -0.4 is 4.74 Å². The van der Waals surface area contributed by atoms with E-state index < -0.39 is 23.7 Å². The summed E-state index contributed by atoms with van der Waals surface area (Å²) in [5.41, 5.74) is -1.35. The molecule has 0 heterocycles. The van der Waals surface area contributed by atoms with Crippen LogP contribution in [0.25, 0.3) is 0 Å². The molecule has 1 aromatic carbocycles. The summed E-state index contributed by atoms with van der Waals surface area (Å²) in [5.74, 6) is -1.36. The summed E-state index contributed by atoms with van der Waals surface area (Å²) in [7, 11) is 0. The molecule has 6 heteroatoms. The van der Waals surface area contributed by atoms with Gasteiger partial charge in [0.2, 0.25) is 0 Å². The molecule has 1 atom stereocenters. The molecule has 0 aromatic heterocycles. The smallest absolute Gasteiger partial charge is 0.419 e. The minimum absolute atomic E-state index is 0.0365. The molecule has 0 aliphatic heterocycles. The Morgan fingerprint density at radius 1 is 1.26 bits per heavy atom. The number of carbonyl (C=O) groups is 1. The highest BCUT2D eigenvalue weighted by Crippen LogP contribution is 2.34. The Morgan fingerprint density at radius 3 is 2.63 bits per heavy atom. The fraction of sp³-hybridized carbons (Fsp3) is 0.462. The van der Waals surface area contributed by atoms with Crippen LogP contribution in [0.15, 0.2) is 18.2 Å². The van der Waals surface area contributed by atoms with Crippen molar-refractivity contribution in [2.45, 2.75) is 38.0 Å². The van der Waals surface area contributed by atoms with Crippen LogP contribution in [0.1, 0.15) is 31.2 Å². The average Bonchev–Trinajstić information content (AvgIpc) is 2.30. The highest BCUT2D eigenvalue weighted by atomic mass is 19.4. The van der Waals surface area contributed by atoms with Crippen LogP contribution in [0.4, 0.5) is 17.6 Å². The predicted octanol–water partition coefficient (Wildman–Crippen LogP) is 3.74. The van der Waals surface area contributed by atoms with Crippen LogP contribution in [0.5, 0.6) is 5.75 Å². The molecule has 0 amide bonds. The number of alkyl halides is 3. The van der Waals surface area contributed by atoms with Crippen LogP contribution in [-0.2, 0) is 11.0 Å². The summed E-state index contributed by atoms with van der Waals surface area (Å²) >= 11 is 0. The molecule has 19 heavy (non-hydrogen) atoms. The fourth-order valence-electron chi connectivity index (χ4n) is 2.07. The number of ether oxygens (including phenoxy) is 1. The van der Waals surface area contributed by atoms with E-state index in [1.54, 1.807) is 0 Å². The molecular weight excluding hydrogens is 264 g/mol. The topological polar surface area (TPSA) is 26.3 Å². The third-order valence-electron chi connectivity index (χ3n) is 2.98. The highest BCUT2D eigenvalue weighted by Gasteiger charge is 2.34. The first-order valence-electron chi connectivity index (χ1n) is 5.91. The van der Waals surface area contributed by atoms with Crippen LogP contribution in [0.3, 0.4) is 0 Å². The lowest BCUT2D eigenvalue weighted by molar-refractivity contribution is -0.140. The quantitative estimate of drug-likeness (QED) is 0.769. The lowest BCUT2D eigenvalue weighted by Crippen LogP contribution is -2.25. The first-order valence-corrected chi connectivity index (χ1v) is 5.91. The molecule has 0 N–H and O–H groups in total. The molecule has 1 saturated carbocycles. The van der Waals surface area contributed by atoms with Gasteiger partial charge >= 0.3 is 6.18 Å². The Morgan fingerprint density at radius 2 is 2.00 bits per heavy atom. The summed E-state index contributed by atoms with van der Waals surface area (Å²) in [6.07, 6.45) is -3.23. The first kappa shape index (κ1) is 13.8. The fourth-order valence-corrected chi connectivity index (χ4v) is 2.07. The van der Waals surface area contributed by atoms with E-state index in [4.69, 9.17) is 4.74 Å². The molecule has 0 spiro atoms. The highest BCUT2D eigenvalue weighted by molar-refractivity contribution is 5.79. The van der Waals surface area contributed by atoms with Crippen molar-refractivity contribution < 1.29 is 27.1 Å². The van der Waals surface area contributed by atoms with Crippen molar-refractivity contribution in [3.8, 4) is 5.75 Å². The van der Waals surface area contributed by atoms with Crippen LogP contribution in [-0.4, -0.2) is 11.9 Å². The van der Waals surface area contributed by atoms with Gasteiger partial charge in [-0.05, 0) is 31.0 Å². The van der Waals surface area contributed by atoms with E-state index in [2.05, 4.69) is 0 Å². The zero-order valence-electron chi connectivity index (χ0n) is 9.97. The van der Waals surface area contributed by atoms with Gasteiger partial charge in [0.25, 0.3) is 0 Å². The maximum atomic E-state index is 13.1. The predicted molar refractivity (Wildman–Crippen MR) is 59.3 cm³/mol. The number of Topliss-reactive ketones (excluding diaryl/α,β-unsaturated/α-hetero) is 1. The third-order valence-corrected chi connectivity index (χ3v) is 2.98. The van der Waals surface area contributed by atoms with Crippen molar-refractivity contribution in [1.29, 1.82) is 0 Å². The molecule has 2 rings (SSSR count). The minimum Gasteiger partial charge on any atom is -0.490 e. The number of ketones is 1. The lowest BCUT2D eigenvalue weighted by atomic mass is 9.96. The van der Waals surface area contributed by atoms with Gasteiger partial charge in [-0.3, -0.25) is 4.79 Å². The van der Waals surface area contributed by atoms with Gasteiger partial charge in [0, 0.05) is 12.8 Å². The van der Waals surface area contributed by atoms with Gasteiger partial charge in [0.05, 0.1) is 5.56 Å². The molecule has 1 aliphatic carbocycles. The first-order chi connectivity index (χ1) is 8.86. The SMILES string of the molecule is O=C1CCCC(Oc2ccc(F)c(C(F)(F)F)c2)C1. The summed E-state index contributed by atoms with van der Waals surface area (Å²) < 4.78 is 56.0. The van der Waals surface area contributed by atoms with Crippen molar-refractivity contribution >= 4 is 5.78 Å². The van der Waals surface area contributed by atoms with Gasteiger partial charge in [0.1, 0.15) is 23.5 Å². The molecule has 104 valence electrons.